The number of ether oxygens (including phenoxy) is 1. The summed E-state index contributed by atoms with van der Waals surface area (Å²) in [5.74, 6) is 0.0874. The SMILES string of the molecule is COCN(C(=O)c1ccccc1)C1CCCCC1. The molecule has 0 N–H and O–H groups in total. The van der Waals surface area contributed by atoms with E-state index in [-0.39, 0.29) is 5.91 Å². The van der Waals surface area contributed by atoms with Crippen molar-refractivity contribution in [3.8, 4) is 0 Å². The quantitative estimate of drug-likeness (QED) is 0.765. The van der Waals surface area contributed by atoms with E-state index in [1.165, 1.54) is 19.3 Å². The van der Waals surface area contributed by atoms with Gasteiger partial charge in [-0.1, -0.05) is 37.5 Å². The van der Waals surface area contributed by atoms with E-state index in [4.69, 9.17) is 4.74 Å². The highest BCUT2D eigenvalue weighted by Crippen LogP contribution is 2.23. The summed E-state index contributed by atoms with van der Waals surface area (Å²) in [6.07, 6.45) is 5.92. The van der Waals surface area contributed by atoms with Crippen molar-refractivity contribution in [1.82, 2.24) is 4.90 Å². The standard InChI is InChI=1S/C15H21NO2/c1-18-12-16(14-10-6-3-7-11-14)15(17)13-8-4-2-5-9-13/h2,4-5,8-9,14H,3,6-7,10-12H2,1H3. The lowest BCUT2D eigenvalue weighted by Gasteiger charge is -2.33. The molecule has 0 unspecified atom stereocenters. The van der Waals surface area contributed by atoms with E-state index in [0.29, 0.717) is 12.8 Å². The van der Waals surface area contributed by atoms with Crippen molar-refractivity contribution < 1.29 is 9.53 Å². The fourth-order valence-electron chi connectivity index (χ4n) is 2.61. The first kappa shape index (κ1) is 13.1. The van der Waals surface area contributed by atoms with Crippen LogP contribution in [-0.4, -0.2) is 30.7 Å². The molecule has 0 aliphatic heterocycles. The van der Waals surface area contributed by atoms with Gasteiger partial charge in [0.2, 0.25) is 0 Å². The Morgan fingerprint density at radius 1 is 1.22 bits per heavy atom. The van der Waals surface area contributed by atoms with Crippen LogP contribution in [0.15, 0.2) is 30.3 Å². The molecule has 98 valence electrons. The molecule has 3 heteroatoms. The number of nitrogens with zero attached hydrogens (tertiary/aromatic N) is 1. The lowest BCUT2D eigenvalue weighted by molar-refractivity contribution is 0.0189. The first-order chi connectivity index (χ1) is 8.83. The first-order valence-electron chi connectivity index (χ1n) is 6.68. The first-order valence-corrected chi connectivity index (χ1v) is 6.68. The molecule has 0 aromatic heterocycles. The Morgan fingerprint density at radius 2 is 1.89 bits per heavy atom. The molecule has 2 rings (SSSR count). The molecule has 1 aliphatic rings. The van der Waals surface area contributed by atoms with Gasteiger partial charge in [-0.3, -0.25) is 4.79 Å². The minimum absolute atomic E-state index is 0.0874. The van der Waals surface area contributed by atoms with E-state index in [2.05, 4.69) is 0 Å². The van der Waals surface area contributed by atoms with Crippen LogP contribution in [0.2, 0.25) is 0 Å². The molecule has 1 aromatic rings. The zero-order valence-electron chi connectivity index (χ0n) is 11.0. The summed E-state index contributed by atoms with van der Waals surface area (Å²) in [7, 11) is 1.65. The van der Waals surface area contributed by atoms with Crippen LogP contribution in [0.5, 0.6) is 0 Å². The van der Waals surface area contributed by atoms with Crippen LogP contribution in [0.25, 0.3) is 0 Å². The molecule has 1 saturated carbocycles. The maximum absolute atomic E-state index is 12.5. The summed E-state index contributed by atoms with van der Waals surface area (Å²) >= 11 is 0. The van der Waals surface area contributed by atoms with Gasteiger partial charge in [0.15, 0.2) is 0 Å². The van der Waals surface area contributed by atoms with E-state index < -0.39 is 0 Å². The predicted octanol–water partition coefficient (Wildman–Crippen LogP) is 3.07. The summed E-state index contributed by atoms with van der Waals surface area (Å²) in [4.78, 5) is 14.4. The molecule has 0 atom stereocenters. The van der Waals surface area contributed by atoms with Crippen LogP contribution in [0.3, 0.4) is 0 Å². The van der Waals surface area contributed by atoms with E-state index in [9.17, 15) is 4.79 Å². The third-order valence-corrected chi connectivity index (χ3v) is 3.57. The van der Waals surface area contributed by atoms with Gasteiger partial charge in [-0.2, -0.15) is 0 Å². The van der Waals surface area contributed by atoms with Crippen molar-refractivity contribution in [3.05, 3.63) is 35.9 Å². The Morgan fingerprint density at radius 3 is 2.50 bits per heavy atom. The molecule has 1 aromatic carbocycles. The molecule has 1 fully saturated rings. The maximum Gasteiger partial charge on any atom is 0.255 e. The summed E-state index contributed by atoms with van der Waals surface area (Å²) in [6.45, 7) is 0.387. The molecule has 1 aliphatic carbocycles. The second-order valence-corrected chi connectivity index (χ2v) is 4.85. The Balaban J connectivity index is 2.11. The van der Waals surface area contributed by atoms with Gasteiger partial charge in [0.05, 0.1) is 0 Å². The molecule has 18 heavy (non-hydrogen) atoms. The third-order valence-electron chi connectivity index (χ3n) is 3.57. The van der Waals surface area contributed by atoms with Crippen molar-refractivity contribution in [2.75, 3.05) is 13.8 Å². The second-order valence-electron chi connectivity index (χ2n) is 4.85. The van der Waals surface area contributed by atoms with Gasteiger partial charge in [0, 0.05) is 18.7 Å². The fourth-order valence-corrected chi connectivity index (χ4v) is 2.61. The Labute approximate surface area is 109 Å². The van der Waals surface area contributed by atoms with Gasteiger partial charge in [0.25, 0.3) is 5.91 Å². The normalized spacial score (nSPS) is 16.5. The van der Waals surface area contributed by atoms with Crippen LogP contribution in [0, 0.1) is 0 Å². The molecule has 1 amide bonds. The molecule has 3 nitrogen and oxygen atoms in total. The summed E-state index contributed by atoms with van der Waals surface area (Å²) < 4.78 is 5.20. The number of carbonyl (C=O) groups is 1. The Kier molecular flexibility index (Phi) is 4.76. The molecule has 0 saturated heterocycles. The number of benzene rings is 1. The predicted molar refractivity (Wildman–Crippen MR) is 71.4 cm³/mol. The van der Waals surface area contributed by atoms with E-state index >= 15 is 0 Å². The van der Waals surface area contributed by atoms with Crippen LogP contribution in [0.1, 0.15) is 42.5 Å². The van der Waals surface area contributed by atoms with Crippen molar-refractivity contribution >= 4 is 5.91 Å². The average Bonchev–Trinajstić information content (AvgIpc) is 2.46. The molecular weight excluding hydrogens is 226 g/mol. The number of amides is 1. The van der Waals surface area contributed by atoms with Gasteiger partial charge in [-0.25, -0.2) is 0 Å². The van der Waals surface area contributed by atoms with Gasteiger partial charge in [0.1, 0.15) is 6.73 Å². The zero-order valence-corrected chi connectivity index (χ0v) is 11.0. The van der Waals surface area contributed by atoms with Crippen LogP contribution < -0.4 is 0 Å². The smallest absolute Gasteiger partial charge is 0.255 e. The van der Waals surface area contributed by atoms with Crippen LogP contribution in [-0.2, 0) is 4.74 Å². The second kappa shape index (κ2) is 6.55. The van der Waals surface area contributed by atoms with Crippen molar-refractivity contribution in [3.63, 3.8) is 0 Å². The van der Waals surface area contributed by atoms with Gasteiger partial charge < -0.3 is 9.64 Å². The lowest BCUT2D eigenvalue weighted by atomic mass is 9.94. The largest absolute Gasteiger partial charge is 0.364 e. The van der Waals surface area contributed by atoms with Crippen LogP contribution >= 0.6 is 0 Å². The van der Waals surface area contributed by atoms with Gasteiger partial charge in [-0.15, -0.1) is 0 Å². The molecule has 0 heterocycles. The average molecular weight is 247 g/mol. The Bertz CT molecular complexity index is 371. The highest BCUT2D eigenvalue weighted by molar-refractivity contribution is 5.94. The molecular formula is C15H21NO2. The van der Waals surface area contributed by atoms with Gasteiger partial charge >= 0.3 is 0 Å². The monoisotopic (exact) mass is 247 g/mol. The fraction of sp³-hybridized carbons (Fsp3) is 0.533. The van der Waals surface area contributed by atoms with E-state index in [0.717, 1.165) is 18.4 Å². The molecule has 0 bridgehead atoms. The summed E-state index contributed by atoms with van der Waals surface area (Å²) in [6, 6.07) is 9.81. The highest BCUT2D eigenvalue weighted by atomic mass is 16.5. The number of hydrogen-bond acceptors (Lipinski definition) is 2. The van der Waals surface area contributed by atoms with E-state index in [1.54, 1.807) is 7.11 Å². The van der Waals surface area contributed by atoms with Crippen molar-refractivity contribution in [1.29, 1.82) is 0 Å². The third kappa shape index (κ3) is 3.10. The number of rotatable bonds is 4. The molecule has 0 radical (unpaired) electrons. The highest BCUT2D eigenvalue weighted by Gasteiger charge is 2.25. The van der Waals surface area contributed by atoms with E-state index in [1.807, 2.05) is 35.2 Å². The maximum atomic E-state index is 12.5. The molecule has 0 spiro atoms. The minimum Gasteiger partial charge on any atom is -0.364 e. The van der Waals surface area contributed by atoms with Crippen molar-refractivity contribution in [2.45, 2.75) is 38.1 Å². The zero-order chi connectivity index (χ0) is 12.8. The number of methoxy groups -OCH3 is 1. The minimum atomic E-state index is 0.0874. The van der Waals surface area contributed by atoms with Gasteiger partial charge in [-0.05, 0) is 25.0 Å². The van der Waals surface area contributed by atoms with Crippen molar-refractivity contribution in [2.24, 2.45) is 0 Å². The summed E-state index contributed by atoms with van der Waals surface area (Å²) in [5.41, 5.74) is 0.750. The summed E-state index contributed by atoms with van der Waals surface area (Å²) in [5, 5.41) is 0. The van der Waals surface area contributed by atoms with Crippen LogP contribution in [0.4, 0.5) is 0 Å². The number of carbonyl (C=O) groups excluding carboxylic acids is 1. The lowest BCUT2D eigenvalue weighted by Crippen LogP contribution is -2.42. The Hall–Kier alpha value is -1.35. The number of hydrogen-bond donors (Lipinski definition) is 0. The topological polar surface area (TPSA) is 29.5 Å².